The van der Waals surface area contributed by atoms with Crippen molar-refractivity contribution in [2.75, 3.05) is 5.73 Å². The van der Waals surface area contributed by atoms with Crippen molar-refractivity contribution >= 4 is 5.82 Å². The fourth-order valence-electron chi connectivity index (χ4n) is 2.04. The van der Waals surface area contributed by atoms with Crippen LogP contribution in [0.5, 0.6) is 0 Å². The fourth-order valence-corrected chi connectivity index (χ4v) is 2.04. The Hall–Kier alpha value is -0.990. The van der Waals surface area contributed by atoms with E-state index in [0.717, 1.165) is 19.3 Å². The number of hydrogen-bond donors (Lipinski definition) is 2. The highest BCUT2D eigenvalue weighted by Gasteiger charge is 2.36. The van der Waals surface area contributed by atoms with Crippen molar-refractivity contribution in [3.05, 3.63) is 11.3 Å². The van der Waals surface area contributed by atoms with Gasteiger partial charge in [-0.1, -0.05) is 20.3 Å². The van der Waals surface area contributed by atoms with Crippen LogP contribution in [-0.2, 0) is 12.8 Å². The Kier molecular flexibility index (Phi) is 2.72. The van der Waals surface area contributed by atoms with E-state index < -0.39 is 0 Å². The van der Waals surface area contributed by atoms with Crippen LogP contribution in [0.4, 0.5) is 5.82 Å². The molecular formula is C12H21N3. The van der Waals surface area contributed by atoms with Crippen LogP contribution in [-0.4, -0.2) is 10.2 Å². The van der Waals surface area contributed by atoms with Gasteiger partial charge >= 0.3 is 0 Å². The van der Waals surface area contributed by atoms with Gasteiger partial charge in [-0.05, 0) is 37.5 Å². The van der Waals surface area contributed by atoms with Gasteiger partial charge < -0.3 is 5.73 Å². The van der Waals surface area contributed by atoms with Crippen molar-refractivity contribution < 1.29 is 0 Å². The maximum Gasteiger partial charge on any atom is 0.148 e. The molecule has 3 nitrogen and oxygen atoms in total. The average Bonchev–Trinajstić information content (AvgIpc) is 2.84. The van der Waals surface area contributed by atoms with Gasteiger partial charge in [-0.15, -0.1) is 0 Å². The summed E-state index contributed by atoms with van der Waals surface area (Å²) in [6, 6.07) is 0. The zero-order valence-corrected chi connectivity index (χ0v) is 9.77. The van der Waals surface area contributed by atoms with Crippen LogP contribution >= 0.6 is 0 Å². The molecule has 3 heteroatoms. The van der Waals surface area contributed by atoms with E-state index >= 15 is 0 Å². The summed E-state index contributed by atoms with van der Waals surface area (Å²) in [5.41, 5.74) is 8.97. The second-order valence-corrected chi connectivity index (χ2v) is 5.13. The number of aromatic amines is 1. The van der Waals surface area contributed by atoms with Crippen LogP contribution < -0.4 is 5.73 Å². The lowest BCUT2D eigenvalue weighted by Gasteiger charge is -2.07. The van der Waals surface area contributed by atoms with Crippen molar-refractivity contribution in [2.45, 2.75) is 52.4 Å². The molecule has 15 heavy (non-hydrogen) atoms. The summed E-state index contributed by atoms with van der Waals surface area (Å²) in [4.78, 5) is 0. The van der Waals surface area contributed by atoms with Crippen LogP contribution in [0.15, 0.2) is 0 Å². The topological polar surface area (TPSA) is 54.7 Å². The molecule has 2 rings (SSSR count). The van der Waals surface area contributed by atoms with Gasteiger partial charge in [0.15, 0.2) is 0 Å². The second-order valence-electron chi connectivity index (χ2n) is 5.13. The van der Waals surface area contributed by atoms with E-state index in [1.807, 2.05) is 0 Å². The molecule has 0 atom stereocenters. The van der Waals surface area contributed by atoms with Gasteiger partial charge in [0.2, 0.25) is 0 Å². The Balaban J connectivity index is 2.00. The van der Waals surface area contributed by atoms with Gasteiger partial charge in [0.05, 0.1) is 0 Å². The van der Waals surface area contributed by atoms with Crippen LogP contribution in [0, 0.1) is 5.41 Å². The third kappa shape index (κ3) is 2.33. The summed E-state index contributed by atoms with van der Waals surface area (Å²) < 4.78 is 0. The van der Waals surface area contributed by atoms with Gasteiger partial charge in [-0.25, -0.2) is 0 Å². The molecular weight excluding hydrogens is 186 g/mol. The Morgan fingerprint density at radius 1 is 1.40 bits per heavy atom. The monoisotopic (exact) mass is 207 g/mol. The first-order valence-corrected chi connectivity index (χ1v) is 5.96. The van der Waals surface area contributed by atoms with Crippen molar-refractivity contribution in [1.29, 1.82) is 0 Å². The van der Waals surface area contributed by atoms with Gasteiger partial charge in [0.25, 0.3) is 0 Å². The summed E-state index contributed by atoms with van der Waals surface area (Å²) in [6.07, 6.45) is 7.34. The van der Waals surface area contributed by atoms with Crippen LogP contribution in [0.25, 0.3) is 0 Å². The predicted molar refractivity (Wildman–Crippen MR) is 62.7 cm³/mol. The van der Waals surface area contributed by atoms with E-state index in [2.05, 4.69) is 24.0 Å². The Morgan fingerprint density at radius 3 is 2.73 bits per heavy atom. The van der Waals surface area contributed by atoms with Gasteiger partial charge in [0, 0.05) is 11.3 Å². The van der Waals surface area contributed by atoms with E-state index in [1.165, 1.54) is 30.5 Å². The minimum Gasteiger partial charge on any atom is -0.382 e. The van der Waals surface area contributed by atoms with Crippen molar-refractivity contribution in [3.63, 3.8) is 0 Å². The molecule has 1 aliphatic carbocycles. The van der Waals surface area contributed by atoms with Gasteiger partial charge in [0.1, 0.15) is 5.82 Å². The number of nitrogens with two attached hydrogens (primary N) is 1. The molecule has 0 aromatic carbocycles. The molecule has 1 aromatic heterocycles. The molecule has 0 bridgehead atoms. The molecule has 1 aliphatic rings. The molecule has 0 aliphatic heterocycles. The number of hydrogen-bond acceptors (Lipinski definition) is 2. The van der Waals surface area contributed by atoms with E-state index in [4.69, 9.17) is 5.73 Å². The molecule has 0 radical (unpaired) electrons. The highest BCUT2D eigenvalue weighted by Crippen LogP contribution is 2.48. The lowest BCUT2D eigenvalue weighted by atomic mass is 9.99. The number of nitrogen functional groups attached to an aromatic ring is 1. The zero-order valence-electron chi connectivity index (χ0n) is 9.77. The van der Waals surface area contributed by atoms with E-state index in [0.29, 0.717) is 11.2 Å². The summed E-state index contributed by atoms with van der Waals surface area (Å²) in [7, 11) is 0. The number of nitrogens with one attached hydrogen (secondary N) is 1. The van der Waals surface area contributed by atoms with Crippen LogP contribution in [0.3, 0.4) is 0 Å². The lowest BCUT2D eigenvalue weighted by molar-refractivity contribution is 0.513. The molecule has 1 saturated carbocycles. The summed E-state index contributed by atoms with van der Waals surface area (Å²) in [6.45, 7) is 4.55. The quantitative estimate of drug-likeness (QED) is 0.780. The molecule has 0 amide bonds. The largest absolute Gasteiger partial charge is 0.382 e. The first-order valence-electron chi connectivity index (χ1n) is 5.96. The first-order chi connectivity index (χ1) is 7.14. The smallest absolute Gasteiger partial charge is 0.148 e. The minimum absolute atomic E-state index is 0.614. The predicted octanol–water partition coefficient (Wildman–Crippen LogP) is 2.68. The molecule has 0 spiro atoms. The molecule has 0 saturated heterocycles. The number of aromatic nitrogens is 2. The van der Waals surface area contributed by atoms with Crippen molar-refractivity contribution in [2.24, 2.45) is 5.41 Å². The van der Waals surface area contributed by atoms with Crippen molar-refractivity contribution in [1.82, 2.24) is 10.2 Å². The molecule has 3 N–H and O–H groups in total. The summed E-state index contributed by atoms with van der Waals surface area (Å²) in [5, 5.41) is 7.19. The molecule has 1 heterocycles. The van der Waals surface area contributed by atoms with E-state index in [-0.39, 0.29) is 0 Å². The SMILES string of the molecule is CCCc1c(N)n[nH]c1CCC1(C)CC1. The fraction of sp³-hybridized carbons (Fsp3) is 0.750. The Morgan fingerprint density at radius 2 is 2.13 bits per heavy atom. The number of rotatable bonds is 5. The first kappa shape index (κ1) is 10.5. The highest BCUT2D eigenvalue weighted by molar-refractivity contribution is 5.42. The standard InChI is InChI=1S/C12H21N3/c1-3-4-9-10(14-15-11(9)13)5-6-12(2)7-8-12/h3-8H2,1-2H3,(H3,13,14,15). The Bertz CT molecular complexity index is 337. The molecule has 84 valence electrons. The lowest BCUT2D eigenvalue weighted by Crippen LogP contribution is -2.00. The minimum atomic E-state index is 0.614. The zero-order chi connectivity index (χ0) is 10.9. The average molecular weight is 207 g/mol. The maximum atomic E-state index is 5.84. The molecule has 1 fully saturated rings. The van der Waals surface area contributed by atoms with Gasteiger partial charge in [-0.2, -0.15) is 5.10 Å². The third-order valence-electron chi connectivity index (χ3n) is 3.57. The number of nitrogens with zero attached hydrogens (tertiary/aromatic N) is 1. The Labute approximate surface area is 91.4 Å². The number of anilines is 1. The van der Waals surface area contributed by atoms with Crippen molar-refractivity contribution in [3.8, 4) is 0 Å². The second kappa shape index (κ2) is 3.87. The number of H-pyrrole nitrogens is 1. The van der Waals surface area contributed by atoms with Crippen LogP contribution in [0.2, 0.25) is 0 Å². The molecule has 0 unspecified atom stereocenters. The van der Waals surface area contributed by atoms with Crippen LogP contribution in [0.1, 0.15) is 50.8 Å². The highest BCUT2D eigenvalue weighted by atomic mass is 15.2. The normalized spacial score (nSPS) is 18.0. The maximum absolute atomic E-state index is 5.84. The molecule has 1 aromatic rings. The van der Waals surface area contributed by atoms with E-state index in [9.17, 15) is 0 Å². The number of aryl methyl sites for hydroxylation is 1. The summed E-state index contributed by atoms with van der Waals surface area (Å²) in [5.74, 6) is 0.702. The third-order valence-corrected chi connectivity index (χ3v) is 3.57. The van der Waals surface area contributed by atoms with E-state index in [1.54, 1.807) is 0 Å². The summed E-state index contributed by atoms with van der Waals surface area (Å²) >= 11 is 0. The van der Waals surface area contributed by atoms with Gasteiger partial charge in [-0.3, -0.25) is 5.10 Å².